The van der Waals surface area contributed by atoms with Gasteiger partial charge in [0.1, 0.15) is 33.5 Å². The van der Waals surface area contributed by atoms with Crippen molar-refractivity contribution in [2.75, 3.05) is 12.8 Å². The number of aromatic nitrogens is 1. The first-order valence-electron chi connectivity index (χ1n) is 13.6. The molecule has 5 rings (SSSR count). The summed E-state index contributed by atoms with van der Waals surface area (Å²) >= 11 is 0. The van der Waals surface area contributed by atoms with Crippen molar-refractivity contribution in [2.24, 2.45) is 5.16 Å². The summed E-state index contributed by atoms with van der Waals surface area (Å²) in [6.07, 6.45) is 3.07. The number of aromatic hydroxyl groups is 1. The number of nitrogens with zero attached hydrogens (tertiary/aromatic N) is 3. The maximum absolute atomic E-state index is 14.1. The van der Waals surface area contributed by atoms with Gasteiger partial charge in [0.05, 0.1) is 6.04 Å². The van der Waals surface area contributed by atoms with Crippen molar-refractivity contribution in [3.63, 3.8) is 0 Å². The fourth-order valence-electron chi connectivity index (χ4n) is 5.50. The van der Waals surface area contributed by atoms with E-state index in [1.165, 1.54) is 23.3 Å². The number of oxime groups is 1. The van der Waals surface area contributed by atoms with Crippen LogP contribution in [-0.4, -0.2) is 69.7 Å². The molecule has 0 saturated carbocycles. The zero-order valence-corrected chi connectivity index (χ0v) is 25.0. The van der Waals surface area contributed by atoms with Crippen LogP contribution in [0.25, 0.3) is 0 Å². The van der Waals surface area contributed by atoms with Crippen LogP contribution in [0, 0.1) is 29.3 Å². The monoisotopic (exact) mass is 634 g/mol. The molecule has 1 spiro atoms. The molecule has 2 amide bonds. The van der Waals surface area contributed by atoms with Crippen LogP contribution in [0.15, 0.2) is 28.3 Å². The Morgan fingerprint density at radius 3 is 2.55 bits per heavy atom. The van der Waals surface area contributed by atoms with Crippen LogP contribution in [0.1, 0.15) is 72.5 Å². The number of benzene rings is 1. The lowest BCUT2D eigenvalue weighted by Crippen LogP contribution is -2.52. The van der Waals surface area contributed by atoms with Gasteiger partial charge >= 0.3 is 0 Å². The van der Waals surface area contributed by atoms with E-state index in [0.717, 1.165) is 12.5 Å². The molecular formula is C29H29F3N4O7S. The third kappa shape index (κ3) is 5.21. The highest BCUT2D eigenvalue weighted by Crippen LogP contribution is 2.46. The minimum Gasteiger partial charge on any atom is -0.503 e. The Morgan fingerprint density at radius 2 is 1.91 bits per heavy atom. The van der Waals surface area contributed by atoms with Gasteiger partial charge in [-0.25, -0.2) is 21.6 Å². The minimum atomic E-state index is -3.52. The van der Waals surface area contributed by atoms with Gasteiger partial charge in [0, 0.05) is 55.7 Å². The highest BCUT2D eigenvalue weighted by atomic mass is 32.2. The van der Waals surface area contributed by atoms with Gasteiger partial charge in [0.2, 0.25) is 5.43 Å². The average molecular weight is 635 g/mol. The van der Waals surface area contributed by atoms with Gasteiger partial charge in [0.15, 0.2) is 26.9 Å². The zero-order valence-electron chi connectivity index (χ0n) is 24.2. The number of carbonyl (C=O) groups is 2. The minimum absolute atomic E-state index is 0.0629. The largest absolute Gasteiger partial charge is 0.503 e. The molecule has 11 nitrogen and oxygen atoms in total. The van der Waals surface area contributed by atoms with Gasteiger partial charge in [-0.1, -0.05) is 11.1 Å². The predicted octanol–water partition coefficient (Wildman–Crippen LogP) is 2.42. The second-order valence-corrected chi connectivity index (χ2v) is 14.3. The molecule has 2 bridgehead atoms. The van der Waals surface area contributed by atoms with Crippen LogP contribution in [0.4, 0.5) is 13.2 Å². The number of amides is 2. The predicted molar refractivity (Wildman–Crippen MR) is 151 cm³/mol. The van der Waals surface area contributed by atoms with Crippen molar-refractivity contribution in [3.05, 3.63) is 62.8 Å². The second kappa shape index (κ2) is 10.7. The van der Waals surface area contributed by atoms with Crippen molar-refractivity contribution >= 4 is 27.4 Å². The zero-order chi connectivity index (χ0) is 32.4. The Hall–Kier alpha value is -4.32. The number of rotatable bonds is 4. The molecule has 1 aromatic heterocycles. The number of sulfone groups is 1. The molecule has 2 aromatic rings. The number of fused-ring (bicyclic) bond motifs is 5. The summed E-state index contributed by atoms with van der Waals surface area (Å²) < 4.78 is 65.7. The Labute approximate surface area is 250 Å². The Balaban J connectivity index is 1.52. The molecule has 1 unspecified atom stereocenters. The molecule has 2 N–H and O–H groups in total. The van der Waals surface area contributed by atoms with E-state index in [1.807, 2.05) is 0 Å². The maximum atomic E-state index is 14.1. The van der Waals surface area contributed by atoms with E-state index in [1.54, 1.807) is 6.92 Å². The first kappa shape index (κ1) is 31.1. The van der Waals surface area contributed by atoms with Gasteiger partial charge in [-0.2, -0.15) is 0 Å². The van der Waals surface area contributed by atoms with Gasteiger partial charge in [-0.15, -0.1) is 0 Å². The first-order chi connectivity index (χ1) is 20.5. The normalized spacial score (nSPS) is 22.8. The summed E-state index contributed by atoms with van der Waals surface area (Å²) in [5.41, 5.74) is -3.69. The van der Waals surface area contributed by atoms with Gasteiger partial charge in [-0.3, -0.25) is 14.4 Å². The molecule has 1 aromatic carbocycles. The van der Waals surface area contributed by atoms with Crippen LogP contribution in [0.5, 0.6) is 5.75 Å². The van der Waals surface area contributed by atoms with E-state index < -0.39 is 84.3 Å². The fourth-order valence-corrected chi connectivity index (χ4v) is 5.74. The lowest BCUT2D eigenvalue weighted by Gasteiger charge is -2.41. The molecule has 15 heteroatoms. The summed E-state index contributed by atoms with van der Waals surface area (Å²) in [5, 5.41) is 17.3. The lowest BCUT2D eigenvalue weighted by atomic mass is 9.84. The quantitative estimate of drug-likeness (QED) is 0.491. The number of hydrogen-bond acceptors (Lipinski definition) is 8. The SMILES string of the molecule is C[C@H]1CCC2(CC(C#CC(C)(C)S(C)(=O)=O)=NO2)[C@H]2CN1C(=O)c1c(O)c(=O)c(C(=O)NCc3c(F)cc(F)cc3F)cn12. The third-order valence-corrected chi connectivity index (χ3v) is 10.5. The second-order valence-electron chi connectivity index (χ2n) is 11.8. The number of pyridine rings is 1. The molecule has 3 aliphatic heterocycles. The smallest absolute Gasteiger partial charge is 0.274 e. The van der Waals surface area contributed by atoms with Crippen LogP contribution in [-0.2, 0) is 21.2 Å². The average Bonchev–Trinajstić information content (AvgIpc) is 3.30. The third-order valence-electron chi connectivity index (χ3n) is 8.52. The molecular weight excluding hydrogens is 605 g/mol. The van der Waals surface area contributed by atoms with Crippen molar-refractivity contribution in [2.45, 2.75) is 69.0 Å². The van der Waals surface area contributed by atoms with E-state index in [4.69, 9.17) is 4.84 Å². The topological polar surface area (TPSA) is 147 Å². The van der Waals surface area contributed by atoms with Crippen LogP contribution in [0.2, 0.25) is 0 Å². The van der Waals surface area contributed by atoms with E-state index >= 15 is 0 Å². The van der Waals surface area contributed by atoms with Crippen LogP contribution < -0.4 is 10.7 Å². The Morgan fingerprint density at radius 1 is 1.25 bits per heavy atom. The van der Waals surface area contributed by atoms with E-state index in [0.29, 0.717) is 25.0 Å². The Bertz CT molecular complexity index is 1840. The molecule has 3 aliphatic rings. The van der Waals surface area contributed by atoms with E-state index in [2.05, 4.69) is 22.3 Å². The lowest BCUT2D eigenvalue weighted by molar-refractivity contribution is -0.0655. The molecule has 4 heterocycles. The summed E-state index contributed by atoms with van der Waals surface area (Å²) in [4.78, 5) is 47.1. The van der Waals surface area contributed by atoms with Gasteiger partial charge in [0.25, 0.3) is 11.8 Å². The summed E-state index contributed by atoms with van der Waals surface area (Å²) in [6, 6.07) is -0.216. The van der Waals surface area contributed by atoms with E-state index in [9.17, 15) is 41.1 Å². The molecule has 234 valence electrons. The first-order valence-corrected chi connectivity index (χ1v) is 15.5. The molecule has 3 atom stereocenters. The number of halogens is 3. The molecule has 0 radical (unpaired) electrons. The highest BCUT2D eigenvalue weighted by molar-refractivity contribution is 7.92. The number of hydrogen-bond donors (Lipinski definition) is 2. The molecule has 0 aliphatic carbocycles. The van der Waals surface area contributed by atoms with Crippen molar-refractivity contribution in [1.82, 2.24) is 14.8 Å². The van der Waals surface area contributed by atoms with Crippen molar-refractivity contribution < 1.29 is 41.1 Å². The fraction of sp³-hybridized carbons (Fsp3) is 0.448. The highest BCUT2D eigenvalue weighted by Gasteiger charge is 2.54. The summed E-state index contributed by atoms with van der Waals surface area (Å²) in [6.45, 7) is 4.05. The van der Waals surface area contributed by atoms with Gasteiger partial charge in [-0.05, 0) is 39.5 Å². The van der Waals surface area contributed by atoms with E-state index in [-0.39, 0.29) is 30.4 Å². The molecule has 44 heavy (non-hydrogen) atoms. The maximum Gasteiger partial charge on any atom is 0.274 e. The molecule has 1 fully saturated rings. The number of carbonyl (C=O) groups excluding carboxylic acids is 2. The van der Waals surface area contributed by atoms with Gasteiger partial charge < -0.3 is 24.7 Å². The molecule has 1 saturated heterocycles. The standard InChI is InChI=1S/C29H29F3N4O7S/c1-15-5-8-29(11-17(34-43-29)6-7-28(2,3)44(4,41)42)22-14-35(15)27(40)23-25(38)24(37)19(13-36(22)23)26(39)33-12-18-20(31)9-16(30)10-21(18)32/h9-10,13,15,22,38H,5,8,11-12,14H2,1-4H3,(H,33,39)/t15-,22+,29?/m0/s1. The summed E-state index contributed by atoms with van der Waals surface area (Å²) in [7, 11) is -3.52. The summed E-state index contributed by atoms with van der Waals surface area (Å²) in [5.74, 6) is -0.865. The number of nitrogens with one attached hydrogen (secondary N) is 1. The Kier molecular flexibility index (Phi) is 7.56. The van der Waals surface area contributed by atoms with Crippen molar-refractivity contribution in [3.8, 4) is 17.6 Å². The van der Waals surface area contributed by atoms with Crippen molar-refractivity contribution in [1.29, 1.82) is 0 Å². The van der Waals surface area contributed by atoms with Crippen LogP contribution >= 0.6 is 0 Å². The van der Waals surface area contributed by atoms with Crippen LogP contribution in [0.3, 0.4) is 0 Å².